The summed E-state index contributed by atoms with van der Waals surface area (Å²) in [6.07, 6.45) is 6.28. The van der Waals surface area contributed by atoms with Crippen LogP contribution in [0.15, 0.2) is 48.8 Å². The van der Waals surface area contributed by atoms with Crippen molar-refractivity contribution in [1.82, 2.24) is 9.97 Å². The molecule has 0 aliphatic heterocycles. The Balaban J connectivity index is 1.77. The van der Waals surface area contributed by atoms with Crippen molar-refractivity contribution < 1.29 is 4.74 Å². The van der Waals surface area contributed by atoms with Crippen LogP contribution in [0.3, 0.4) is 0 Å². The van der Waals surface area contributed by atoms with Gasteiger partial charge in [-0.1, -0.05) is 23.7 Å². The Morgan fingerprint density at radius 3 is 2.62 bits per heavy atom. The molecule has 0 fully saturated rings. The molecule has 105 valence electrons. The summed E-state index contributed by atoms with van der Waals surface area (Å²) < 4.78 is 5.15. The lowest BCUT2D eigenvalue weighted by molar-refractivity contribution is 0.414. The quantitative estimate of drug-likeness (QED) is 0.727. The minimum atomic E-state index is 0.714. The zero-order valence-electron chi connectivity index (χ0n) is 11.6. The number of nitrogens with zero attached hydrogens (tertiary/aromatic N) is 2. The number of hydrogen-bond donors (Lipinski definition) is 0. The molecule has 21 heavy (non-hydrogen) atoms. The van der Waals surface area contributed by atoms with E-state index in [1.807, 2.05) is 36.4 Å². The van der Waals surface area contributed by atoms with E-state index in [0.29, 0.717) is 5.02 Å². The number of hydrogen-bond acceptors (Lipinski definition) is 3. The van der Waals surface area contributed by atoms with E-state index in [1.54, 1.807) is 19.5 Å². The highest BCUT2D eigenvalue weighted by molar-refractivity contribution is 6.31. The summed E-state index contributed by atoms with van der Waals surface area (Å²) in [5, 5.41) is 0.714. The second-order valence-corrected chi connectivity index (χ2v) is 5.08. The molecule has 0 N–H and O–H groups in total. The molecular formula is C17H14ClN2O. The smallest absolute Gasteiger partial charge is 0.120 e. The van der Waals surface area contributed by atoms with Gasteiger partial charge in [0.2, 0.25) is 0 Å². The maximum atomic E-state index is 6.25. The first-order valence-corrected chi connectivity index (χ1v) is 7.00. The number of rotatable bonds is 4. The molecule has 3 aromatic rings. The molecule has 0 atom stereocenters. The lowest BCUT2D eigenvalue weighted by atomic mass is 10.0. The fourth-order valence-electron chi connectivity index (χ4n) is 2.16. The van der Waals surface area contributed by atoms with Gasteiger partial charge in [-0.15, -0.1) is 0 Å². The molecule has 0 spiro atoms. The van der Waals surface area contributed by atoms with Gasteiger partial charge in [-0.25, -0.2) is 0 Å². The number of ether oxygens (including phenoxy) is 1. The minimum absolute atomic E-state index is 0.714. The maximum absolute atomic E-state index is 6.25. The predicted octanol–water partition coefficient (Wildman–Crippen LogP) is 4.09. The van der Waals surface area contributed by atoms with Gasteiger partial charge >= 0.3 is 0 Å². The summed E-state index contributed by atoms with van der Waals surface area (Å²) in [5.74, 6) is 0.768. The second-order valence-electron chi connectivity index (χ2n) is 4.67. The van der Waals surface area contributed by atoms with Gasteiger partial charge in [0.15, 0.2) is 0 Å². The van der Waals surface area contributed by atoms with E-state index in [2.05, 4.69) is 16.4 Å². The Kier molecular flexibility index (Phi) is 4.02. The van der Waals surface area contributed by atoms with E-state index in [1.165, 1.54) is 0 Å². The Morgan fingerprint density at radius 2 is 1.86 bits per heavy atom. The normalized spacial score (nSPS) is 10.8. The van der Waals surface area contributed by atoms with Crippen LogP contribution < -0.4 is 4.74 Å². The molecule has 1 heterocycles. The third kappa shape index (κ3) is 3.14. The highest BCUT2D eigenvalue weighted by atomic mass is 35.5. The van der Waals surface area contributed by atoms with Crippen molar-refractivity contribution in [3.63, 3.8) is 0 Å². The van der Waals surface area contributed by atoms with Crippen LogP contribution in [0.5, 0.6) is 5.75 Å². The van der Waals surface area contributed by atoms with Crippen molar-refractivity contribution >= 4 is 22.6 Å². The van der Waals surface area contributed by atoms with Gasteiger partial charge in [-0.05, 0) is 48.2 Å². The summed E-state index contributed by atoms with van der Waals surface area (Å²) in [4.78, 5) is 8.57. The number of halogens is 1. The molecule has 2 aromatic carbocycles. The van der Waals surface area contributed by atoms with Crippen molar-refractivity contribution in [3.8, 4) is 5.75 Å². The van der Waals surface area contributed by atoms with Gasteiger partial charge in [0.25, 0.3) is 0 Å². The summed E-state index contributed by atoms with van der Waals surface area (Å²) in [6.45, 7) is 0. The van der Waals surface area contributed by atoms with Gasteiger partial charge in [0.1, 0.15) is 5.75 Å². The fourth-order valence-corrected chi connectivity index (χ4v) is 2.40. The van der Waals surface area contributed by atoms with Crippen LogP contribution in [-0.4, -0.2) is 17.1 Å². The van der Waals surface area contributed by atoms with Crippen LogP contribution in [0.1, 0.15) is 11.1 Å². The van der Waals surface area contributed by atoms with Crippen LogP contribution in [0.25, 0.3) is 11.0 Å². The Hall–Kier alpha value is -2.13. The number of methoxy groups -OCH3 is 1. The highest BCUT2D eigenvalue weighted by Gasteiger charge is 2.04. The van der Waals surface area contributed by atoms with Crippen molar-refractivity contribution in [3.05, 3.63) is 71.4 Å². The predicted molar refractivity (Wildman–Crippen MR) is 84.6 cm³/mol. The van der Waals surface area contributed by atoms with Gasteiger partial charge in [0.05, 0.1) is 18.1 Å². The monoisotopic (exact) mass is 297 g/mol. The van der Waals surface area contributed by atoms with Gasteiger partial charge < -0.3 is 4.74 Å². The molecule has 0 aliphatic carbocycles. The minimum Gasteiger partial charge on any atom is -0.497 e. The molecule has 0 saturated heterocycles. The zero-order chi connectivity index (χ0) is 14.7. The molecule has 3 nitrogen and oxygen atoms in total. The van der Waals surface area contributed by atoms with Gasteiger partial charge in [-0.2, -0.15) is 0 Å². The Bertz CT molecular complexity index is 774. The van der Waals surface area contributed by atoms with E-state index < -0.39 is 0 Å². The molecule has 1 radical (unpaired) electrons. The summed E-state index contributed by atoms with van der Waals surface area (Å²) >= 11 is 6.25. The number of aromatic nitrogens is 2. The van der Waals surface area contributed by atoms with Gasteiger partial charge in [0, 0.05) is 17.4 Å². The van der Waals surface area contributed by atoms with E-state index in [0.717, 1.165) is 34.3 Å². The Labute approximate surface area is 128 Å². The van der Waals surface area contributed by atoms with E-state index in [-0.39, 0.29) is 0 Å². The van der Waals surface area contributed by atoms with Crippen molar-refractivity contribution in [2.75, 3.05) is 7.11 Å². The average Bonchev–Trinajstić information content (AvgIpc) is 2.53. The third-order valence-electron chi connectivity index (χ3n) is 3.31. The van der Waals surface area contributed by atoms with Crippen LogP contribution in [0, 0.1) is 6.42 Å². The molecule has 1 aromatic heterocycles. The van der Waals surface area contributed by atoms with Crippen molar-refractivity contribution in [2.45, 2.75) is 6.42 Å². The first kappa shape index (κ1) is 13.8. The van der Waals surface area contributed by atoms with E-state index in [9.17, 15) is 0 Å². The van der Waals surface area contributed by atoms with Crippen molar-refractivity contribution in [2.24, 2.45) is 0 Å². The third-order valence-corrected chi connectivity index (χ3v) is 3.66. The van der Waals surface area contributed by atoms with Crippen LogP contribution >= 0.6 is 11.6 Å². The molecule has 4 heteroatoms. The standard InChI is InChI=1S/C17H14ClN2O/c1-21-14-6-5-13(15(18)11-14)4-2-12-3-7-16-17(10-12)20-9-8-19-16/h2-3,5-11H,4H2,1H3. The molecular weight excluding hydrogens is 284 g/mol. The second kappa shape index (κ2) is 6.10. The fraction of sp³-hybridized carbons (Fsp3) is 0.118. The average molecular weight is 298 g/mol. The molecule has 0 amide bonds. The van der Waals surface area contributed by atoms with Gasteiger partial charge in [-0.3, -0.25) is 9.97 Å². The molecule has 3 rings (SSSR count). The van der Waals surface area contributed by atoms with Crippen LogP contribution in [-0.2, 0) is 6.42 Å². The molecule has 0 aliphatic rings. The number of benzene rings is 2. The van der Waals surface area contributed by atoms with E-state index >= 15 is 0 Å². The maximum Gasteiger partial charge on any atom is 0.120 e. The van der Waals surface area contributed by atoms with Crippen LogP contribution in [0.2, 0.25) is 5.02 Å². The molecule has 0 bridgehead atoms. The highest BCUT2D eigenvalue weighted by Crippen LogP contribution is 2.24. The largest absolute Gasteiger partial charge is 0.497 e. The SMILES string of the molecule is COc1ccc(C[CH]c2ccc3nccnc3c2)c(Cl)c1. The van der Waals surface area contributed by atoms with Crippen molar-refractivity contribution in [1.29, 1.82) is 0 Å². The van der Waals surface area contributed by atoms with E-state index in [4.69, 9.17) is 16.3 Å². The summed E-state index contributed by atoms with van der Waals surface area (Å²) in [7, 11) is 1.63. The van der Waals surface area contributed by atoms with Crippen LogP contribution in [0.4, 0.5) is 0 Å². The topological polar surface area (TPSA) is 35.0 Å². The molecule has 0 unspecified atom stereocenters. The first-order valence-electron chi connectivity index (χ1n) is 6.62. The number of fused-ring (bicyclic) bond motifs is 1. The summed E-state index contributed by atoms with van der Waals surface area (Å²) in [6, 6.07) is 11.8. The lowest BCUT2D eigenvalue weighted by Crippen LogP contribution is -1.92. The summed E-state index contributed by atoms with van der Waals surface area (Å²) in [5.41, 5.74) is 3.97. The Morgan fingerprint density at radius 1 is 1.05 bits per heavy atom. The lowest BCUT2D eigenvalue weighted by Gasteiger charge is -2.07. The zero-order valence-corrected chi connectivity index (χ0v) is 12.3. The molecule has 0 saturated carbocycles. The first-order chi connectivity index (χ1) is 10.3.